The minimum absolute atomic E-state index is 0.486. The van der Waals surface area contributed by atoms with Crippen LogP contribution in [0.1, 0.15) is 12.6 Å². The van der Waals surface area contributed by atoms with E-state index in [0.717, 1.165) is 5.69 Å². The third-order valence-corrected chi connectivity index (χ3v) is 1.38. The molecule has 1 aromatic heterocycles. The highest BCUT2D eigenvalue weighted by Gasteiger charge is 1.95. The van der Waals surface area contributed by atoms with E-state index >= 15 is 0 Å². The predicted molar refractivity (Wildman–Crippen MR) is 45.8 cm³/mol. The van der Waals surface area contributed by atoms with Gasteiger partial charge < -0.3 is 4.74 Å². The second kappa shape index (κ2) is 4.47. The fraction of sp³-hybridized carbons (Fsp3) is 0.333. The monoisotopic (exact) mass is 162 g/mol. The first-order chi connectivity index (χ1) is 5.86. The molecule has 0 fully saturated rings. The average Bonchev–Trinajstić information content (AvgIpc) is 2.15. The SMILES string of the molecule is [C-]#[N+]c1ccnc(COCC)c1. The van der Waals surface area contributed by atoms with E-state index in [-0.39, 0.29) is 0 Å². The summed E-state index contributed by atoms with van der Waals surface area (Å²) in [4.78, 5) is 7.35. The van der Waals surface area contributed by atoms with Gasteiger partial charge in [-0.15, -0.1) is 0 Å². The van der Waals surface area contributed by atoms with Gasteiger partial charge in [0, 0.05) is 12.8 Å². The van der Waals surface area contributed by atoms with E-state index in [9.17, 15) is 0 Å². The smallest absolute Gasteiger partial charge is 0.190 e. The molecule has 0 atom stereocenters. The summed E-state index contributed by atoms with van der Waals surface area (Å²) in [6.07, 6.45) is 1.63. The molecule has 0 bridgehead atoms. The number of hydrogen-bond donors (Lipinski definition) is 0. The van der Waals surface area contributed by atoms with Crippen LogP contribution in [0.5, 0.6) is 0 Å². The van der Waals surface area contributed by atoms with Gasteiger partial charge in [-0.2, -0.15) is 0 Å². The zero-order valence-electron chi connectivity index (χ0n) is 6.95. The molecular formula is C9H10N2O. The van der Waals surface area contributed by atoms with Crippen molar-refractivity contribution in [1.29, 1.82) is 0 Å². The molecule has 0 aliphatic heterocycles. The van der Waals surface area contributed by atoms with Crippen LogP contribution in [0, 0.1) is 6.57 Å². The van der Waals surface area contributed by atoms with Crippen molar-refractivity contribution in [2.24, 2.45) is 0 Å². The molecule has 3 nitrogen and oxygen atoms in total. The van der Waals surface area contributed by atoms with Gasteiger partial charge in [-0.1, -0.05) is 0 Å². The Balaban J connectivity index is 2.68. The van der Waals surface area contributed by atoms with Crippen molar-refractivity contribution in [3.63, 3.8) is 0 Å². The summed E-state index contributed by atoms with van der Waals surface area (Å²) in [5, 5.41) is 0. The van der Waals surface area contributed by atoms with E-state index in [2.05, 4.69) is 9.83 Å². The first-order valence-electron chi connectivity index (χ1n) is 3.77. The third kappa shape index (κ3) is 2.33. The number of hydrogen-bond acceptors (Lipinski definition) is 2. The van der Waals surface area contributed by atoms with E-state index in [1.807, 2.05) is 6.92 Å². The lowest BCUT2D eigenvalue weighted by atomic mass is 10.3. The number of pyridine rings is 1. The quantitative estimate of drug-likeness (QED) is 0.637. The van der Waals surface area contributed by atoms with Gasteiger partial charge in [0.2, 0.25) is 0 Å². The lowest BCUT2D eigenvalue weighted by Crippen LogP contribution is -1.93. The zero-order valence-corrected chi connectivity index (χ0v) is 6.95. The fourth-order valence-electron chi connectivity index (χ4n) is 0.821. The Morgan fingerprint density at radius 3 is 3.17 bits per heavy atom. The van der Waals surface area contributed by atoms with Crippen molar-refractivity contribution >= 4 is 5.69 Å². The maximum Gasteiger partial charge on any atom is 0.190 e. The van der Waals surface area contributed by atoms with Crippen LogP contribution in [0.4, 0.5) is 5.69 Å². The summed E-state index contributed by atoms with van der Waals surface area (Å²) in [5.41, 5.74) is 1.42. The van der Waals surface area contributed by atoms with Crippen molar-refractivity contribution in [2.45, 2.75) is 13.5 Å². The molecule has 0 aromatic carbocycles. The fourth-order valence-corrected chi connectivity index (χ4v) is 0.821. The minimum Gasteiger partial charge on any atom is -0.376 e. The van der Waals surface area contributed by atoms with Gasteiger partial charge in [-0.25, -0.2) is 4.85 Å². The van der Waals surface area contributed by atoms with Crippen LogP contribution < -0.4 is 0 Å². The first-order valence-corrected chi connectivity index (χ1v) is 3.77. The van der Waals surface area contributed by atoms with E-state index in [1.54, 1.807) is 18.3 Å². The molecule has 0 radical (unpaired) electrons. The number of ether oxygens (including phenoxy) is 1. The lowest BCUT2D eigenvalue weighted by Gasteiger charge is -1.99. The van der Waals surface area contributed by atoms with Gasteiger partial charge in [0.1, 0.15) is 0 Å². The van der Waals surface area contributed by atoms with Crippen molar-refractivity contribution in [3.8, 4) is 0 Å². The van der Waals surface area contributed by atoms with E-state index in [1.165, 1.54) is 0 Å². The van der Waals surface area contributed by atoms with Crippen LogP contribution in [0.15, 0.2) is 18.3 Å². The summed E-state index contributed by atoms with van der Waals surface area (Å²) < 4.78 is 5.15. The molecule has 0 saturated heterocycles. The average molecular weight is 162 g/mol. The van der Waals surface area contributed by atoms with Gasteiger partial charge in [-0.3, -0.25) is 4.98 Å². The molecule has 0 spiro atoms. The molecule has 0 saturated carbocycles. The molecule has 1 heterocycles. The predicted octanol–water partition coefficient (Wildman–Crippen LogP) is 2.17. The second-order valence-corrected chi connectivity index (χ2v) is 2.25. The highest BCUT2D eigenvalue weighted by molar-refractivity contribution is 5.43. The topological polar surface area (TPSA) is 26.5 Å². The molecular weight excluding hydrogens is 152 g/mol. The van der Waals surface area contributed by atoms with E-state index < -0.39 is 0 Å². The lowest BCUT2D eigenvalue weighted by molar-refractivity contribution is 0.131. The largest absolute Gasteiger partial charge is 0.376 e. The molecule has 62 valence electrons. The molecule has 1 aromatic rings. The Labute approximate surface area is 71.8 Å². The van der Waals surface area contributed by atoms with Gasteiger partial charge >= 0.3 is 0 Å². The van der Waals surface area contributed by atoms with Gasteiger partial charge in [0.15, 0.2) is 5.69 Å². The van der Waals surface area contributed by atoms with Gasteiger partial charge in [0.25, 0.3) is 0 Å². The third-order valence-electron chi connectivity index (χ3n) is 1.38. The van der Waals surface area contributed by atoms with Gasteiger partial charge in [0.05, 0.1) is 18.9 Å². The molecule has 0 aliphatic carbocycles. The molecule has 0 amide bonds. The summed E-state index contributed by atoms with van der Waals surface area (Å²) in [6.45, 7) is 9.86. The van der Waals surface area contributed by atoms with E-state index in [4.69, 9.17) is 11.3 Å². The summed E-state index contributed by atoms with van der Waals surface area (Å²) in [7, 11) is 0. The van der Waals surface area contributed by atoms with E-state index in [0.29, 0.717) is 18.9 Å². The Morgan fingerprint density at radius 2 is 2.50 bits per heavy atom. The molecule has 12 heavy (non-hydrogen) atoms. The second-order valence-electron chi connectivity index (χ2n) is 2.25. The number of nitrogens with zero attached hydrogens (tertiary/aromatic N) is 2. The molecule has 0 aliphatic rings. The van der Waals surface area contributed by atoms with Crippen molar-refractivity contribution in [3.05, 3.63) is 35.4 Å². The van der Waals surface area contributed by atoms with Crippen LogP contribution >= 0.6 is 0 Å². The Morgan fingerprint density at radius 1 is 1.67 bits per heavy atom. The minimum atomic E-state index is 0.486. The zero-order chi connectivity index (χ0) is 8.81. The molecule has 0 N–H and O–H groups in total. The van der Waals surface area contributed by atoms with Crippen LogP contribution in [0.3, 0.4) is 0 Å². The summed E-state index contributed by atoms with van der Waals surface area (Å²) in [5.74, 6) is 0. The number of aromatic nitrogens is 1. The van der Waals surface area contributed by atoms with Crippen molar-refractivity contribution in [2.75, 3.05) is 6.61 Å². The molecule has 3 heteroatoms. The first kappa shape index (κ1) is 8.69. The Bertz CT molecular complexity index is 291. The summed E-state index contributed by atoms with van der Waals surface area (Å²) >= 11 is 0. The van der Waals surface area contributed by atoms with Crippen molar-refractivity contribution in [1.82, 2.24) is 4.98 Å². The normalized spacial score (nSPS) is 9.33. The maximum atomic E-state index is 6.77. The van der Waals surface area contributed by atoms with Crippen LogP contribution in [-0.4, -0.2) is 11.6 Å². The van der Waals surface area contributed by atoms with Crippen LogP contribution in [-0.2, 0) is 11.3 Å². The highest BCUT2D eigenvalue weighted by Crippen LogP contribution is 2.11. The Hall–Kier alpha value is -1.40. The van der Waals surface area contributed by atoms with Crippen molar-refractivity contribution < 1.29 is 4.74 Å². The molecule has 1 rings (SSSR count). The van der Waals surface area contributed by atoms with Gasteiger partial charge in [-0.05, 0) is 19.1 Å². The van der Waals surface area contributed by atoms with Crippen LogP contribution in [0.25, 0.3) is 4.85 Å². The number of rotatable bonds is 3. The highest BCUT2D eigenvalue weighted by atomic mass is 16.5. The Kier molecular flexibility index (Phi) is 3.24. The summed E-state index contributed by atoms with van der Waals surface area (Å²) in [6, 6.07) is 3.42. The van der Waals surface area contributed by atoms with Crippen LogP contribution in [0.2, 0.25) is 0 Å². The standard InChI is InChI=1S/C9H10N2O/c1-3-12-7-9-6-8(10-2)4-5-11-9/h4-6H,3,7H2,1H3. The molecule has 0 unspecified atom stereocenters. The maximum absolute atomic E-state index is 6.77.